The van der Waals surface area contributed by atoms with Crippen LogP contribution in [0.25, 0.3) is 0 Å². The molecule has 3 aliphatic carbocycles. The van der Waals surface area contributed by atoms with Crippen LogP contribution in [0.2, 0.25) is 0 Å². The molecule has 5 unspecified atom stereocenters. The van der Waals surface area contributed by atoms with E-state index in [0.29, 0.717) is 0 Å². The van der Waals surface area contributed by atoms with Crippen molar-refractivity contribution in [3.8, 4) is 0 Å². The molecule has 1 N–H and O–H groups in total. The Hall–Kier alpha value is -0.0800. The minimum atomic E-state index is 0.778. The van der Waals surface area contributed by atoms with E-state index in [1.54, 1.807) is 6.42 Å². The molecule has 3 saturated carbocycles. The van der Waals surface area contributed by atoms with Gasteiger partial charge in [0, 0.05) is 19.1 Å². The van der Waals surface area contributed by atoms with E-state index in [9.17, 15) is 0 Å². The maximum atomic E-state index is 3.77. The summed E-state index contributed by atoms with van der Waals surface area (Å²) >= 11 is 0. The van der Waals surface area contributed by atoms with Crippen molar-refractivity contribution >= 4 is 0 Å². The van der Waals surface area contributed by atoms with Gasteiger partial charge < -0.3 is 10.2 Å². The van der Waals surface area contributed by atoms with Crippen molar-refractivity contribution in [2.75, 3.05) is 26.7 Å². The van der Waals surface area contributed by atoms with Crippen LogP contribution in [0.15, 0.2) is 0 Å². The van der Waals surface area contributed by atoms with Crippen molar-refractivity contribution in [3.05, 3.63) is 0 Å². The molecular formula is C19H36N2. The Balaban J connectivity index is 1.48. The highest BCUT2D eigenvalue weighted by molar-refractivity contribution is 4.91. The summed E-state index contributed by atoms with van der Waals surface area (Å²) in [6.07, 6.45) is 13.4. The molecule has 21 heavy (non-hydrogen) atoms. The largest absolute Gasteiger partial charge is 0.314 e. The number of nitrogens with one attached hydrogen (secondary N) is 1. The number of hydrogen-bond donors (Lipinski definition) is 1. The number of hydrogen-bond acceptors (Lipinski definition) is 2. The fraction of sp³-hybridized carbons (Fsp3) is 1.00. The number of rotatable bonds is 6. The monoisotopic (exact) mass is 292 g/mol. The molecule has 3 rings (SSSR count). The lowest BCUT2D eigenvalue weighted by atomic mass is 9.88. The highest BCUT2D eigenvalue weighted by atomic mass is 15.1. The van der Waals surface area contributed by atoms with Crippen molar-refractivity contribution in [1.82, 2.24) is 10.2 Å². The summed E-state index contributed by atoms with van der Waals surface area (Å²) < 4.78 is 0. The Bertz CT molecular complexity index is 317. The molecule has 2 bridgehead atoms. The zero-order chi connectivity index (χ0) is 14.7. The van der Waals surface area contributed by atoms with Gasteiger partial charge in [-0.15, -0.1) is 0 Å². The van der Waals surface area contributed by atoms with E-state index in [0.717, 1.165) is 36.3 Å². The fourth-order valence-corrected chi connectivity index (χ4v) is 5.61. The summed E-state index contributed by atoms with van der Waals surface area (Å²) in [5, 5.41) is 3.77. The van der Waals surface area contributed by atoms with Crippen molar-refractivity contribution in [3.63, 3.8) is 0 Å². The lowest BCUT2D eigenvalue weighted by molar-refractivity contribution is 0.176. The third-order valence-electron chi connectivity index (χ3n) is 6.60. The van der Waals surface area contributed by atoms with Crippen LogP contribution < -0.4 is 5.32 Å². The van der Waals surface area contributed by atoms with Gasteiger partial charge in [-0.3, -0.25) is 0 Å². The normalized spacial score (nSPS) is 39.9. The summed E-state index contributed by atoms with van der Waals surface area (Å²) in [7, 11) is 2.39. The lowest BCUT2D eigenvalue weighted by Gasteiger charge is -2.33. The van der Waals surface area contributed by atoms with E-state index in [2.05, 4.69) is 24.2 Å². The molecule has 5 atom stereocenters. The molecule has 0 spiro atoms. The van der Waals surface area contributed by atoms with E-state index in [1.807, 2.05) is 0 Å². The van der Waals surface area contributed by atoms with Crippen LogP contribution in [-0.2, 0) is 0 Å². The Kier molecular flexibility index (Phi) is 5.61. The second-order valence-corrected chi connectivity index (χ2v) is 8.22. The van der Waals surface area contributed by atoms with E-state index < -0.39 is 0 Å². The van der Waals surface area contributed by atoms with Crippen molar-refractivity contribution in [2.24, 2.45) is 23.7 Å². The van der Waals surface area contributed by atoms with E-state index >= 15 is 0 Å². The SMILES string of the molecule is CCNC1CCCCCC1CN(C)CC1CC2CCC1C2. The summed E-state index contributed by atoms with van der Waals surface area (Å²) in [6, 6.07) is 0.778. The predicted molar refractivity (Wildman–Crippen MR) is 90.5 cm³/mol. The highest BCUT2D eigenvalue weighted by Gasteiger charge is 2.39. The standard InChI is InChI=1S/C19H36N2/c1-3-20-19-8-6-4-5-7-17(19)13-21(2)14-18-12-15-9-10-16(18)11-15/h15-20H,3-14H2,1-2H3. The minimum Gasteiger partial charge on any atom is -0.314 e. The number of nitrogens with zero attached hydrogens (tertiary/aromatic N) is 1. The van der Waals surface area contributed by atoms with Crippen LogP contribution in [0.5, 0.6) is 0 Å². The fourth-order valence-electron chi connectivity index (χ4n) is 5.61. The van der Waals surface area contributed by atoms with Gasteiger partial charge in [0.25, 0.3) is 0 Å². The van der Waals surface area contributed by atoms with Gasteiger partial charge in [-0.1, -0.05) is 32.6 Å². The molecule has 0 saturated heterocycles. The summed E-state index contributed by atoms with van der Waals surface area (Å²) in [6.45, 7) is 6.10. The van der Waals surface area contributed by atoms with Gasteiger partial charge in [0.2, 0.25) is 0 Å². The molecule has 0 heterocycles. The van der Waals surface area contributed by atoms with Gasteiger partial charge in [-0.2, -0.15) is 0 Å². The first kappa shape index (κ1) is 15.8. The smallest absolute Gasteiger partial charge is 0.0107 e. The molecule has 0 aromatic rings. The zero-order valence-corrected chi connectivity index (χ0v) is 14.3. The van der Waals surface area contributed by atoms with Crippen molar-refractivity contribution in [1.29, 1.82) is 0 Å². The molecule has 0 aromatic carbocycles. The highest BCUT2D eigenvalue weighted by Crippen LogP contribution is 2.48. The zero-order valence-electron chi connectivity index (χ0n) is 14.3. The van der Waals surface area contributed by atoms with Crippen LogP contribution in [0, 0.1) is 23.7 Å². The second-order valence-electron chi connectivity index (χ2n) is 8.22. The molecule has 0 radical (unpaired) electrons. The van der Waals surface area contributed by atoms with Crippen LogP contribution in [0.3, 0.4) is 0 Å². The molecule has 0 aromatic heterocycles. The van der Waals surface area contributed by atoms with Gasteiger partial charge in [-0.05, 0) is 69.4 Å². The van der Waals surface area contributed by atoms with Crippen LogP contribution >= 0.6 is 0 Å². The van der Waals surface area contributed by atoms with Crippen LogP contribution in [-0.4, -0.2) is 37.6 Å². The molecule has 0 amide bonds. The van der Waals surface area contributed by atoms with Crippen LogP contribution in [0.4, 0.5) is 0 Å². The molecule has 3 fully saturated rings. The Morgan fingerprint density at radius 3 is 2.43 bits per heavy atom. The molecule has 2 nitrogen and oxygen atoms in total. The minimum absolute atomic E-state index is 0.778. The Labute approximate surface area is 132 Å². The molecular weight excluding hydrogens is 256 g/mol. The topological polar surface area (TPSA) is 15.3 Å². The molecule has 0 aliphatic heterocycles. The first-order chi connectivity index (χ1) is 10.3. The first-order valence-corrected chi connectivity index (χ1v) is 9.68. The Morgan fingerprint density at radius 1 is 0.905 bits per heavy atom. The first-order valence-electron chi connectivity index (χ1n) is 9.68. The third kappa shape index (κ3) is 4.01. The third-order valence-corrected chi connectivity index (χ3v) is 6.60. The summed E-state index contributed by atoms with van der Waals surface area (Å²) in [5.41, 5.74) is 0. The van der Waals surface area contributed by atoms with E-state index in [1.165, 1.54) is 64.5 Å². The van der Waals surface area contributed by atoms with Crippen molar-refractivity contribution < 1.29 is 0 Å². The lowest BCUT2D eigenvalue weighted by Crippen LogP contribution is -2.42. The molecule has 122 valence electrons. The van der Waals surface area contributed by atoms with Crippen molar-refractivity contribution in [2.45, 2.75) is 70.8 Å². The van der Waals surface area contributed by atoms with Gasteiger partial charge in [-0.25, -0.2) is 0 Å². The van der Waals surface area contributed by atoms with Gasteiger partial charge in [0.1, 0.15) is 0 Å². The van der Waals surface area contributed by atoms with Gasteiger partial charge >= 0.3 is 0 Å². The molecule has 3 aliphatic rings. The summed E-state index contributed by atoms with van der Waals surface area (Å²) in [5.74, 6) is 4.09. The average Bonchev–Trinajstić information content (AvgIpc) is 3.00. The maximum absolute atomic E-state index is 3.77. The second kappa shape index (κ2) is 7.46. The maximum Gasteiger partial charge on any atom is 0.0107 e. The average molecular weight is 293 g/mol. The quantitative estimate of drug-likeness (QED) is 0.747. The van der Waals surface area contributed by atoms with Gasteiger partial charge in [0.15, 0.2) is 0 Å². The summed E-state index contributed by atoms with van der Waals surface area (Å²) in [4.78, 5) is 2.69. The van der Waals surface area contributed by atoms with E-state index in [4.69, 9.17) is 0 Å². The molecule has 2 heteroatoms. The number of fused-ring (bicyclic) bond motifs is 2. The van der Waals surface area contributed by atoms with Gasteiger partial charge in [0.05, 0.1) is 0 Å². The predicted octanol–water partition coefficient (Wildman–Crippen LogP) is 3.91. The van der Waals surface area contributed by atoms with Crippen LogP contribution in [0.1, 0.15) is 64.7 Å². The Morgan fingerprint density at radius 2 is 1.71 bits per heavy atom. The van der Waals surface area contributed by atoms with E-state index in [-0.39, 0.29) is 0 Å².